The number of nitrogens with one attached hydrogen (secondary N) is 3. The molecule has 5 nitrogen and oxygen atoms in total. The van der Waals surface area contributed by atoms with Gasteiger partial charge in [0.05, 0.1) is 34.7 Å². The highest BCUT2D eigenvalue weighted by Crippen LogP contribution is 2.43. The van der Waals surface area contributed by atoms with Crippen LogP contribution < -0.4 is 20.9 Å². The van der Waals surface area contributed by atoms with E-state index in [1.807, 2.05) is 0 Å². The van der Waals surface area contributed by atoms with Crippen LogP contribution in [0.1, 0.15) is 32.1 Å². The molecule has 0 aromatic heterocycles. The highest BCUT2D eigenvalue weighted by Gasteiger charge is 2.26. The van der Waals surface area contributed by atoms with E-state index in [1.54, 1.807) is 0 Å². The number of rotatable bonds is 3. The molecule has 1 fully saturated rings. The molecule has 0 amide bonds. The number of nitrogens with zero attached hydrogens (tertiary/aromatic N) is 2. The molecule has 23 heavy (non-hydrogen) atoms. The number of hydrogen-bond acceptors (Lipinski definition) is 5. The van der Waals surface area contributed by atoms with Crippen molar-refractivity contribution in [2.75, 3.05) is 41.8 Å². The van der Waals surface area contributed by atoms with Gasteiger partial charge in [-0.25, -0.2) is 0 Å². The molecular weight excluding hydrogens is 354 g/mol. The van der Waals surface area contributed by atoms with Crippen LogP contribution in [0, 0.1) is 5.92 Å². The lowest BCUT2D eigenvalue weighted by Gasteiger charge is -2.28. The molecule has 3 N–H and O–H groups in total. The fourth-order valence-corrected chi connectivity index (χ4v) is 4.51. The Morgan fingerprint density at radius 3 is 2.87 bits per heavy atom. The third-order valence-electron chi connectivity index (χ3n) is 5.02. The monoisotopic (exact) mass is 377 g/mol. The number of guanidine groups is 1. The molecule has 0 bridgehead atoms. The minimum atomic E-state index is 0.834. The van der Waals surface area contributed by atoms with E-state index in [0.717, 1.165) is 48.3 Å². The molecule has 0 saturated heterocycles. The predicted octanol–water partition coefficient (Wildman–Crippen LogP) is 3.59. The van der Waals surface area contributed by atoms with Gasteiger partial charge in [0, 0.05) is 13.1 Å². The van der Waals surface area contributed by atoms with Crippen molar-refractivity contribution < 1.29 is 0 Å². The Kier molecular flexibility index (Phi) is 4.33. The smallest absolute Gasteiger partial charge is 0.195 e. The lowest BCUT2D eigenvalue weighted by molar-refractivity contribution is 0.360. The number of fused-ring (bicyclic) bond motifs is 1. The molecule has 0 radical (unpaired) electrons. The zero-order valence-corrected chi connectivity index (χ0v) is 15.0. The van der Waals surface area contributed by atoms with Gasteiger partial charge in [-0.05, 0) is 46.8 Å². The Hall–Kier alpha value is -1.43. The van der Waals surface area contributed by atoms with Crippen molar-refractivity contribution >= 4 is 39.0 Å². The third-order valence-corrected chi connectivity index (χ3v) is 5.83. The van der Waals surface area contributed by atoms with E-state index in [2.05, 4.69) is 53.9 Å². The molecule has 0 atom stereocenters. The van der Waals surface area contributed by atoms with E-state index >= 15 is 0 Å². The van der Waals surface area contributed by atoms with Crippen molar-refractivity contribution in [1.82, 2.24) is 5.32 Å². The summed E-state index contributed by atoms with van der Waals surface area (Å²) >= 11 is 3.82. The molecule has 6 heteroatoms. The van der Waals surface area contributed by atoms with Crippen LogP contribution in [0.15, 0.2) is 21.6 Å². The third kappa shape index (κ3) is 3.13. The average molecular weight is 378 g/mol. The Balaban J connectivity index is 1.53. The summed E-state index contributed by atoms with van der Waals surface area (Å²) < 4.78 is 1.13. The Labute approximate surface area is 146 Å². The van der Waals surface area contributed by atoms with E-state index in [9.17, 15) is 0 Å². The van der Waals surface area contributed by atoms with Gasteiger partial charge in [-0.1, -0.05) is 19.3 Å². The van der Waals surface area contributed by atoms with Crippen molar-refractivity contribution in [2.24, 2.45) is 10.9 Å². The largest absolute Gasteiger partial charge is 0.366 e. The topological polar surface area (TPSA) is 51.7 Å². The van der Waals surface area contributed by atoms with E-state index in [0.29, 0.717) is 0 Å². The SMILES string of the molecule is Brc1c(NC2=NCCN2)ccc2c1N(CC1CCCCC1)CN2. The number of benzene rings is 1. The molecule has 0 unspecified atom stereocenters. The highest BCUT2D eigenvalue weighted by molar-refractivity contribution is 9.10. The summed E-state index contributed by atoms with van der Waals surface area (Å²) in [6, 6.07) is 4.28. The molecule has 4 rings (SSSR count). The lowest BCUT2D eigenvalue weighted by Crippen LogP contribution is -2.30. The van der Waals surface area contributed by atoms with Crippen molar-refractivity contribution in [2.45, 2.75) is 32.1 Å². The summed E-state index contributed by atoms with van der Waals surface area (Å²) in [4.78, 5) is 6.91. The summed E-state index contributed by atoms with van der Waals surface area (Å²) in [6.07, 6.45) is 6.96. The maximum atomic E-state index is 4.42. The van der Waals surface area contributed by atoms with Gasteiger partial charge < -0.3 is 20.9 Å². The van der Waals surface area contributed by atoms with Gasteiger partial charge in [-0.2, -0.15) is 0 Å². The van der Waals surface area contributed by atoms with Crippen LogP contribution in [0.2, 0.25) is 0 Å². The maximum absolute atomic E-state index is 4.42. The molecule has 1 aromatic carbocycles. The second kappa shape index (κ2) is 6.59. The van der Waals surface area contributed by atoms with Gasteiger partial charge >= 0.3 is 0 Å². The quantitative estimate of drug-likeness (QED) is 0.753. The molecule has 1 saturated carbocycles. The van der Waals surface area contributed by atoms with Gasteiger partial charge in [-0.3, -0.25) is 4.99 Å². The molecule has 1 aliphatic carbocycles. The van der Waals surface area contributed by atoms with Gasteiger partial charge in [0.1, 0.15) is 0 Å². The van der Waals surface area contributed by atoms with Crippen LogP contribution in [-0.4, -0.2) is 32.3 Å². The minimum Gasteiger partial charge on any atom is -0.366 e. The molecule has 2 heterocycles. The van der Waals surface area contributed by atoms with Crippen molar-refractivity contribution in [3.8, 4) is 0 Å². The first-order valence-electron chi connectivity index (χ1n) is 8.68. The van der Waals surface area contributed by atoms with E-state index in [1.165, 1.54) is 43.5 Å². The summed E-state index contributed by atoms with van der Waals surface area (Å²) in [5.74, 6) is 1.70. The fraction of sp³-hybridized carbons (Fsp3) is 0.588. The molecule has 124 valence electrons. The summed E-state index contributed by atoms with van der Waals surface area (Å²) in [7, 11) is 0. The number of halogens is 1. The van der Waals surface area contributed by atoms with Gasteiger partial charge in [0.25, 0.3) is 0 Å². The van der Waals surface area contributed by atoms with Gasteiger partial charge in [-0.15, -0.1) is 0 Å². The van der Waals surface area contributed by atoms with Crippen LogP contribution in [0.4, 0.5) is 17.1 Å². The molecule has 1 aromatic rings. The van der Waals surface area contributed by atoms with Crippen molar-refractivity contribution in [3.63, 3.8) is 0 Å². The second-order valence-electron chi connectivity index (χ2n) is 6.67. The minimum absolute atomic E-state index is 0.834. The first-order chi connectivity index (χ1) is 11.3. The lowest BCUT2D eigenvalue weighted by atomic mass is 9.89. The number of hydrogen-bond donors (Lipinski definition) is 3. The highest BCUT2D eigenvalue weighted by atomic mass is 79.9. The Bertz CT molecular complexity index is 609. The molecule has 0 spiro atoms. The van der Waals surface area contributed by atoms with Crippen LogP contribution in [-0.2, 0) is 0 Å². The normalized spacial score (nSPS) is 20.7. The second-order valence-corrected chi connectivity index (χ2v) is 7.46. The Morgan fingerprint density at radius 1 is 1.22 bits per heavy atom. The fourth-order valence-electron chi connectivity index (χ4n) is 3.82. The zero-order chi connectivity index (χ0) is 15.6. The Morgan fingerprint density at radius 2 is 2.09 bits per heavy atom. The van der Waals surface area contributed by atoms with E-state index in [4.69, 9.17) is 0 Å². The van der Waals surface area contributed by atoms with Gasteiger partial charge in [0.2, 0.25) is 0 Å². The van der Waals surface area contributed by atoms with Crippen LogP contribution in [0.3, 0.4) is 0 Å². The van der Waals surface area contributed by atoms with Crippen molar-refractivity contribution in [1.29, 1.82) is 0 Å². The number of anilines is 3. The van der Waals surface area contributed by atoms with E-state index in [-0.39, 0.29) is 0 Å². The maximum Gasteiger partial charge on any atom is 0.195 e. The van der Waals surface area contributed by atoms with Crippen LogP contribution in [0.5, 0.6) is 0 Å². The predicted molar refractivity (Wildman–Crippen MR) is 100 cm³/mol. The zero-order valence-electron chi connectivity index (χ0n) is 13.4. The first-order valence-corrected chi connectivity index (χ1v) is 9.47. The summed E-state index contributed by atoms with van der Waals surface area (Å²) in [5.41, 5.74) is 3.59. The van der Waals surface area contributed by atoms with Crippen LogP contribution in [0.25, 0.3) is 0 Å². The standard InChI is InChI=1S/C17H24BrN5/c18-15-13(22-17-19-8-9-20-17)6-7-14-16(15)23(11-21-14)10-12-4-2-1-3-5-12/h6-7,12,21H,1-5,8-11H2,(H2,19,20,22). The number of aliphatic imine (C=N–C) groups is 1. The first kappa shape index (κ1) is 15.1. The van der Waals surface area contributed by atoms with E-state index < -0.39 is 0 Å². The van der Waals surface area contributed by atoms with Crippen molar-refractivity contribution in [3.05, 3.63) is 16.6 Å². The van der Waals surface area contributed by atoms with Crippen LogP contribution >= 0.6 is 15.9 Å². The van der Waals surface area contributed by atoms with Gasteiger partial charge in [0.15, 0.2) is 5.96 Å². The summed E-state index contributed by atoms with van der Waals surface area (Å²) in [6.45, 7) is 3.83. The average Bonchev–Trinajstić information content (AvgIpc) is 3.21. The molecule has 2 aliphatic heterocycles. The molecule has 3 aliphatic rings. The molecular formula is C17H24BrN5. The summed E-state index contributed by atoms with van der Waals surface area (Å²) in [5, 5.41) is 10.2.